The van der Waals surface area contributed by atoms with E-state index in [1.54, 1.807) is 18.5 Å². The van der Waals surface area contributed by atoms with Crippen molar-refractivity contribution in [2.24, 2.45) is 5.73 Å². The molecule has 1 aromatic carbocycles. The van der Waals surface area contributed by atoms with Crippen molar-refractivity contribution < 1.29 is 4.39 Å². The number of aromatic nitrogens is 2. The van der Waals surface area contributed by atoms with Crippen LogP contribution in [-0.2, 0) is 6.42 Å². The summed E-state index contributed by atoms with van der Waals surface area (Å²) in [7, 11) is 0. The molecule has 17 heavy (non-hydrogen) atoms. The monoisotopic (exact) mass is 231 g/mol. The summed E-state index contributed by atoms with van der Waals surface area (Å²) in [6.45, 7) is 2.42. The van der Waals surface area contributed by atoms with E-state index < -0.39 is 0 Å². The molecule has 0 fully saturated rings. The number of aryl methyl sites for hydroxylation is 1. The lowest BCUT2D eigenvalue weighted by molar-refractivity contribution is 0.627. The zero-order chi connectivity index (χ0) is 12.3. The van der Waals surface area contributed by atoms with Crippen molar-refractivity contribution >= 4 is 0 Å². The van der Waals surface area contributed by atoms with Crippen molar-refractivity contribution in [1.29, 1.82) is 0 Å². The molecule has 0 unspecified atom stereocenters. The number of halogens is 1. The van der Waals surface area contributed by atoms with Gasteiger partial charge in [0.2, 0.25) is 0 Å². The third kappa shape index (κ3) is 2.65. The number of rotatable bonds is 3. The minimum absolute atomic E-state index is 0.244. The Kier molecular flexibility index (Phi) is 3.44. The van der Waals surface area contributed by atoms with E-state index in [0.29, 0.717) is 12.4 Å². The molecular weight excluding hydrogens is 217 g/mol. The summed E-state index contributed by atoms with van der Waals surface area (Å²) in [6.07, 6.45) is 4.29. The molecule has 4 heteroatoms. The van der Waals surface area contributed by atoms with E-state index in [1.165, 1.54) is 12.1 Å². The van der Waals surface area contributed by atoms with Gasteiger partial charge in [-0.15, -0.1) is 0 Å². The lowest BCUT2D eigenvalue weighted by Gasteiger charge is -2.05. The standard InChI is InChI=1S/C13H14FN3/c1-9-6-11(14)2-3-12(9)13-16-7-10(4-5-15)8-17-13/h2-3,6-8H,4-5,15H2,1H3. The summed E-state index contributed by atoms with van der Waals surface area (Å²) >= 11 is 0. The maximum absolute atomic E-state index is 13.0. The van der Waals surface area contributed by atoms with Crippen LogP contribution in [0.3, 0.4) is 0 Å². The van der Waals surface area contributed by atoms with E-state index in [1.807, 2.05) is 6.92 Å². The van der Waals surface area contributed by atoms with Gasteiger partial charge < -0.3 is 5.73 Å². The first-order valence-corrected chi connectivity index (χ1v) is 5.48. The Hall–Kier alpha value is -1.81. The summed E-state index contributed by atoms with van der Waals surface area (Å²) in [6, 6.07) is 4.59. The van der Waals surface area contributed by atoms with Crippen molar-refractivity contribution in [2.45, 2.75) is 13.3 Å². The van der Waals surface area contributed by atoms with Crippen molar-refractivity contribution in [2.75, 3.05) is 6.54 Å². The molecule has 0 amide bonds. The van der Waals surface area contributed by atoms with E-state index in [0.717, 1.165) is 23.1 Å². The van der Waals surface area contributed by atoms with Crippen molar-refractivity contribution in [1.82, 2.24) is 9.97 Å². The maximum atomic E-state index is 13.0. The van der Waals surface area contributed by atoms with Crippen LogP contribution in [0, 0.1) is 12.7 Å². The number of hydrogen-bond acceptors (Lipinski definition) is 3. The van der Waals surface area contributed by atoms with Crippen molar-refractivity contribution in [3.05, 3.63) is 47.5 Å². The minimum atomic E-state index is -0.244. The Balaban J connectivity index is 2.33. The van der Waals surface area contributed by atoms with Gasteiger partial charge >= 0.3 is 0 Å². The fourth-order valence-electron chi connectivity index (χ4n) is 1.67. The van der Waals surface area contributed by atoms with E-state index in [9.17, 15) is 4.39 Å². The minimum Gasteiger partial charge on any atom is -0.330 e. The second kappa shape index (κ2) is 5.01. The number of benzene rings is 1. The van der Waals surface area contributed by atoms with Crippen molar-refractivity contribution in [3.8, 4) is 11.4 Å². The number of nitrogens with two attached hydrogens (primary N) is 1. The third-order valence-electron chi connectivity index (χ3n) is 2.57. The zero-order valence-electron chi connectivity index (χ0n) is 9.65. The molecule has 0 saturated heterocycles. The van der Waals surface area contributed by atoms with Gasteiger partial charge in [0.15, 0.2) is 5.82 Å². The Morgan fingerprint density at radius 3 is 2.53 bits per heavy atom. The van der Waals surface area contributed by atoms with Crippen LogP contribution < -0.4 is 5.73 Å². The molecule has 2 aromatic rings. The molecule has 0 radical (unpaired) electrons. The molecule has 0 saturated carbocycles. The highest BCUT2D eigenvalue weighted by molar-refractivity contribution is 5.59. The summed E-state index contributed by atoms with van der Waals surface area (Å²) in [5, 5.41) is 0. The summed E-state index contributed by atoms with van der Waals surface area (Å²) in [5.41, 5.74) is 8.15. The molecule has 2 rings (SSSR count). The Morgan fingerprint density at radius 2 is 1.94 bits per heavy atom. The summed E-state index contributed by atoms with van der Waals surface area (Å²) in [5.74, 6) is 0.370. The molecule has 0 aliphatic rings. The van der Waals surface area contributed by atoms with Gasteiger partial charge in [0.05, 0.1) is 0 Å². The van der Waals surface area contributed by atoms with Gasteiger partial charge in [0.1, 0.15) is 5.82 Å². The molecule has 1 aromatic heterocycles. The second-order valence-corrected chi connectivity index (χ2v) is 3.91. The quantitative estimate of drug-likeness (QED) is 0.880. The van der Waals surface area contributed by atoms with Crippen molar-refractivity contribution in [3.63, 3.8) is 0 Å². The lowest BCUT2D eigenvalue weighted by atomic mass is 10.1. The first kappa shape index (κ1) is 11.7. The first-order valence-electron chi connectivity index (χ1n) is 5.48. The molecule has 0 aliphatic heterocycles. The van der Waals surface area contributed by atoms with E-state index >= 15 is 0 Å². The van der Waals surface area contributed by atoms with Gasteiger partial charge in [-0.25, -0.2) is 14.4 Å². The summed E-state index contributed by atoms with van der Waals surface area (Å²) in [4.78, 5) is 8.54. The SMILES string of the molecule is Cc1cc(F)ccc1-c1ncc(CCN)cn1. The van der Waals surface area contributed by atoms with E-state index in [2.05, 4.69) is 9.97 Å². The lowest BCUT2D eigenvalue weighted by Crippen LogP contribution is -2.04. The van der Waals surface area contributed by atoms with Gasteiger partial charge in [-0.05, 0) is 49.2 Å². The molecule has 1 heterocycles. The maximum Gasteiger partial charge on any atom is 0.159 e. The van der Waals surface area contributed by atoms with Gasteiger partial charge in [-0.3, -0.25) is 0 Å². The number of nitrogens with zero attached hydrogens (tertiary/aromatic N) is 2. The highest BCUT2D eigenvalue weighted by atomic mass is 19.1. The van der Waals surface area contributed by atoms with Crippen LogP contribution >= 0.6 is 0 Å². The highest BCUT2D eigenvalue weighted by Crippen LogP contribution is 2.20. The second-order valence-electron chi connectivity index (χ2n) is 3.91. The molecule has 3 nitrogen and oxygen atoms in total. The number of hydrogen-bond donors (Lipinski definition) is 1. The van der Waals surface area contributed by atoms with Gasteiger partial charge in [-0.2, -0.15) is 0 Å². The predicted octanol–water partition coefficient (Wildman–Crippen LogP) is 2.09. The average molecular weight is 231 g/mol. The van der Waals surface area contributed by atoms with E-state index in [-0.39, 0.29) is 5.82 Å². The van der Waals surface area contributed by atoms with Crippen LogP contribution in [0.15, 0.2) is 30.6 Å². The van der Waals surface area contributed by atoms with Crippen LogP contribution in [0.5, 0.6) is 0 Å². The molecular formula is C13H14FN3. The normalized spacial score (nSPS) is 10.5. The Morgan fingerprint density at radius 1 is 1.24 bits per heavy atom. The zero-order valence-corrected chi connectivity index (χ0v) is 9.65. The molecule has 0 atom stereocenters. The van der Waals surface area contributed by atoms with Crippen LogP contribution in [0.25, 0.3) is 11.4 Å². The average Bonchev–Trinajstić information content (AvgIpc) is 2.31. The van der Waals surface area contributed by atoms with Crippen LogP contribution in [0.1, 0.15) is 11.1 Å². The van der Waals surface area contributed by atoms with Gasteiger partial charge in [0, 0.05) is 18.0 Å². The largest absolute Gasteiger partial charge is 0.330 e. The molecule has 0 aliphatic carbocycles. The first-order chi connectivity index (χ1) is 8.20. The highest BCUT2D eigenvalue weighted by Gasteiger charge is 2.05. The Labute approximate surface area is 99.5 Å². The summed E-state index contributed by atoms with van der Waals surface area (Å²) < 4.78 is 13.0. The molecule has 0 spiro atoms. The molecule has 0 bridgehead atoms. The smallest absolute Gasteiger partial charge is 0.159 e. The third-order valence-corrected chi connectivity index (χ3v) is 2.57. The van der Waals surface area contributed by atoms with E-state index in [4.69, 9.17) is 5.73 Å². The van der Waals surface area contributed by atoms with Gasteiger partial charge in [-0.1, -0.05) is 0 Å². The Bertz CT molecular complexity index is 509. The topological polar surface area (TPSA) is 51.8 Å². The predicted molar refractivity (Wildman–Crippen MR) is 64.9 cm³/mol. The van der Waals surface area contributed by atoms with Crippen LogP contribution in [-0.4, -0.2) is 16.5 Å². The fourth-order valence-corrected chi connectivity index (χ4v) is 1.67. The van der Waals surface area contributed by atoms with Crippen LogP contribution in [0.2, 0.25) is 0 Å². The molecule has 88 valence electrons. The van der Waals surface area contributed by atoms with Crippen LogP contribution in [0.4, 0.5) is 4.39 Å². The van der Waals surface area contributed by atoms with Gasteiger partial charge in [0.25, 0.3) is 0 Å². The molecule has 2 N–H and O–H groups in total. The fraction of sp³-hybridized carbons (Fsp3) is 0.231.